The number of carboxylic acids is 1. The molecule has 0 bridgehead atoms. The van der Waals surface area contributed by atoms with Gasteiger partial charge in [-0.25, -0.2) is 0 Å². The molecular formula is C22H46N2O6. The van der Waals surface area contributed by atoms with E-state index in [9.17, 15) is 9.59 Å². The fourth-order valence-corrected chi connectivity index (χ4v) is 2.97. The predicted molar refractivity (Wildman–Crippen MR) is 119 cm³/mol. The van der Waals surface area contributed by atoms with Crippen LogP contribution in [-0.2, 0) is 9.59 Å². The SMILES string of the molecule is CCCCCCCCCCCCCC(=O)NCC(=O)O.OCCN(CCO)CCO. The van der Waals surface area contributed by atoms with Crippen LogP contribution in [0.25, 0.3) is 0 Å². The summed E-state index contributed by atoms with van der Waals surface area (Å²) >= 11 is 0. The van der Waals surface area contributed by atoms with E-state index in [2.05, 4.69) is 12.2 Å². The van der Waals surface area contributed by atoms with Crippen LogP contribution in [-0.4, -0.2) is 83.2 Å². The van der Waals surface area contributed by atoms with Crippen molar-refractivity contribution in [1.29, 1.82) is 0 Å². The molecule has 0 spiro atoms. The number of carbonyl (C=O) groups is 2. The van der Waals surface area contributed by atoms with Gasteiger partial charge in [0, 0.05) is 26.1 Å². The Hall–Kier alpha value is -1.22. The maximum Gasteiger partial charge on any atom is 0.322 e. The molecule has 1 amide bonds. The summed E-state index contributed by atoms with van der Waals surface area (Å²) in [4.78, 5) is 23.3. The first-order chi connectivity index (χ1) is 14.5. The average molecular weight is 435 g/mol. The number of carboxylic acid groups (broad SMARTS) is 1. The number of aliphatic hydroxyl groups is 3. The lowest BCUT2D eigenvalue weighted by atomic mass is 10.1. The zero-order valence-corrected chi connectivity index (χ0v) is 19.0. The second-order valence-corrected chi connectivity index (χ2v) is 7.47. The number of nitrogens with one attached hydrogen (secondary N) is 1. The molecule has 8 nitrogen and oxygen atoms in total. The van der Waals surface area contributed by atoms with E-state index in [1.807, 2.05) is 0 Å². The predicted octanol–water partition coefficient (Wildman–Crippen LogP) is 2.15. The van der Waals surface area contributed by atoms with Crippen LogP contribution < -0.4 is 5.32 Å². The molecule has 180 valence electrons. The van der Waals surface area contributed by atoms with Gasteiger partial charge in [0.05, 0.1) is 19.8 Å². The molecule has 0 aromatic heterocycles. The number of hydrogen-bond acceptors (Lipinski definition) is 6. The molecule has 0 aromatic rings. The Morgan fingerprint density at radius 1 is 0.700 bits per heavy atom. The van der Waals surface area contributed by atoms with Gasteiger partial charge in [-0.1, -0.05) is 71.1 Å². The molecule has 0 atom stereocenters. The molecule has 0 aliphatic rings. The molecule has 30 heavy (non-hydrogen) atoms. The Bertz CT molecular complexity index is 368. The fourth-order valence-electron chi connectivity index (χ4n) is 2.97. The summed E-state index contributed by atoms with van der Waals surface area (Å²) in [5.74, 6) is -1.14. The van der Waals surface area contributed by atoms with Crippen LogP contribution in [0.15, 0.2) is 0 Å². The lowest BCUT2D eigenvalue weighted by Gasteiger charge is -2.17. The van der Waals surface area contributed by atoms with Crippen molar-refractivity contribution in [2.45, 2.75) is 84.0 Å². The third kappa shape index (κ3) is 26.8. The lowest BCUT2D eigenvalue weighted by molar-refractivity contribution is -0.137. The quantitative estimate of drug-likeness (QED) is 0.186. The van der Waals surface area contributed by atoms with E-state index in [1.165, 1.54) is 57.8 Å². The molecule has 0 saturated carbocycles. The molecule has 0 heterocycles. The fraction of sp³-hybridized carbons (Fsp3) is 0.909. The van der Waals surface area contributed by atoms with Crippen molar-refractivity contribution in [1.82, 2.24) is 10.2 Å². The maximum absolute atomic E-state index is 11.2. The number of hydrogen-bond donors (Lipinski definition) is 5. The smallest absolute Gasteiger partial charge is 0.322 e. The van der Waals surface area contributed by atoms with E-state index in [1.54, 1.807) is 4.90 Å². The number of rotatable bonds is 20. The zero-order valence-electron chi connectivity index (χ0n) is 19.0. The van der Waals surface area contributed by atoms with Gasteiger partial charge in [0.15, 0.2) is 0 Å². The minimum absolute atomic E-state index is 0.0694. The Balaban J connectivity index is 0. The number of aliphatic carboxylic acids is 1. The van der Waals surface area contributed by atoms with Gasteiger partial charge in [0.1, 0.15) is 6.54 Å². The molecule has 0 fully saturated rings. The number of unbranched alkanes of at least 4 members (excludes halogenated alkanes) is 10. The van der Waals surface area contributed by atoms with Crippen molar-refractivity contribution >= 4 is 11.9 Å². The van der Waals surface area contributed by atoms with Crippen LogP contribution in [0.5, 0.6) is 0 Å². The highest BCUT2D eigenvalue weighted by molar-refractivity contribution is 5.80. The summed E-state index contributed by atoms with van der Waals surface area (Å²) in [7, 11) is 0. The Labute approximate surface area is 182 Å². The van der Waals surface area contributed by atoms with E-state index in [0.717, 1.165) is 12.8 Å². The third-order valence-electron chi connectivity index (χ3n) is 4.69. The van der Waals surface area contributed by atoms with Crippen LogP contribution >= 0.6 is 0 Å². The summed E-state index contributed by atoms with van der Waals surface area (Å²) < 4.78 is 0. The van der Waals surface area contributed by atoms with Crippen molar-refractivity contribution in [2.75, 3.05) is 46.0 Å². The maximum atomic E-state index is 11.2. The molecule has 0 saturated heterocycles. The number of nitrogens with zero attached hydrogens (tertiary/aromatic N) is 1. The van der Waals surface area contributed by atoms with E-state index in [4.69, 9.17) is 20.4 Å². The van der Waals surface area contributed by atoms with Gasteiger partial charge < -0.3 is 25.7 Å². The van der Waals surface area contributed by atoms with Crippen LogP contribution in [0.2, 0.25) is 0 Å². The van der Waals surface area contributed by atoms with Gasteiger partial charge in [-0.2, -0.15) is 0 Å². The average Bonchev–Trinajstić information content (AvgIpc) is 2.71. The summed E-state index contributed by atoms with van der Waals surface area (Å²) in [5.41, 5.74) is 0. The first kappa shape index (κ1) is 31.0. The Morgan fingerprint density at radius 3 is 1.47 bits per heavy atom. The van der Waals surface area contributed by atoms with Crippen molar-refractivity contribution in [3.63, 3.8) is 0 Å². The van der Waals surface area contributed by atoms with E-state index in [-0.39, 0.29) is 32.3 Å². The number of aliphatic hydroxyl groups excluding tert-OH is 3. The van der Waals surface area contributed by atoms with Crippen molar-refractivity contribution < 1.29 is 30.0 Å². The van der Waals surface area contributed by atoms with Gasteiger partial charge >= 0.3 is 5.97 Å². The monoisotopic (exact) mass is 434 g/mol. The minimum atomic E-state index is -0.989. The van der Waals surface area contributed by atoms with Crippen LogP contribution in [0, 0.1) is 0 Å². The Kier molecular flexibility index (Phi) is 26.7. The van der Waals surface area contributed by atoms with Gasteiger partial charge in [0.25, 0.3) is 0 Å². The molecule has 8 heteroatoms. The Morgan fingerprint density at radius 2 is 1.10 bits per heavy atom. The topological polar surface area (TPSA) is 130 Å². The first-order valence-corrected chi connectivity index (χ1v) is 11.5. The standard InChI is InChI=1S/C16H31NO3.C6H15NO3/c1-2-3-4-5-6-7-8-9-10-11-12-13-15(18)17-14-16(19)20;8-4-1-7(2-5-9)3-6-10/h2-14H2,1H3,(H,17,18)(H,19,20);8-10H,1-6H2. The summed E-state index contributed by atoms with van der Waals surface area (Å²) in [6, 6.07) is 0. The highest BCUT2D eigenvalue weighted by atomic mass is 16.4. The van der Waals surface area contributed by atoms with Crippen molar-refractivity contribution in [2.24, 2.45) is 0 Å². The van der Waals surface area contributed by atoms with Crippen molar-refractivity contribution in [3.05, 3.63) is 0 Å². The summed E-state index contributed by atoms with van der Waals surface area (Å²) in [6.07, 6.45) is 14.2. The first-order valence-electron chi connectivity index (χ1n) is 11.5. The second kappa shape index (κ2) is 25.8. The molecule has 5 N–H and O–H groups in total. The molecule has 0 aliphatic heterocycles. The molecule has 0 radical (unpaired) electrons. The molecule has 0 aliphatic carbocycles. The highest BCUT2D eigenvalue weighted by Gasteiger charge is 2.03. The van der Waals surface area contributed by atoms with Gasteiger partial charge in [-0.3, -0.25) is 14.5 Å². The van der Waals surface area contributed by atoms with Crippen LogP contribution in [0.1, 0.15) is 84.0 Å². The normalized spacial score (nSPS) is 10.6. The zero-order chi connectivity index (χ0) is 22.9. The minimum Gasteiger partial charge on any atom is -0.480 e. The lowest BCUT2D eigenvalue weighted by Crippen LogP contribution is -2.32. The van der Waals surface area contributed by atoms with Gasteiger partial charge in [0.2, 0.25) is 5.91 Å². The third-order valence-corrected chi connectivity index (χ3v) is 4.69. The molecule has 0 unspecified atom stereocenters. The molecule has 0 rings (SSSR count). The largest absolute Gasteiger partial charge is 0.480 e. The van der Waals surface area contributed by atoms with Crippen LogP contribution in [0.4, 0.5) is 0 Å². The number of carbonyl (C=O) groups excluding carboxylic acids is 1. The summed E-state index contributed by atoms with van der Waals surface area (Å²) in [6.45, 7) is 3.72. The highest BCUT2D eigenvalue weighted by Crippen LogP contribution is 2.11. The van der Waals surface area contributed by atoms with E-state index >= 15 is 0 Å². The van der Waals surface area contributed by atoms with Crippen LogP contribution in [0.3, 0.4) is 0 Å². The molecule has 0 aromatic carbocycles. The number of amides is 1. The second-order valence-electron chi connectivity index (χ2n) is 7.47. The van der Waals surface area contributed by atoms with Gasteiger partial charge in [-0.05, 0) is 6.42 Å². The summed E-state index contributed by atoms with van der Waals surface area (Å²) in [5, 5.41) is 36.2. The van der Waals surface area contributed by atoms with Gasteiger partial charge in [-0.15, -0.1) is 0 Å². The molecular weight excluding hydrogens is 388 g/mol. The van der Waals surface area contributed by atoms with Crippen molar-refractivity contribution in [3.8, 4) is 0 Å². The van der Waals surface area contributed by atoms with E-state index in [0.29, 0.717) is 26.1 Å². The van der Waals surface area contributed by atoms with E-state index < -0.39 is 5.97 Å².